The normalized spacial score (nSPS) is 41.6. The summed E-state index contributed by atoms with van der Waals surface area (Å²) < 4.78 is 12.6. The molecule has 3 rings (SSSR count). The van der Waals surface area contributed by atoms with Crippen LogP contribution in [-0.4, -0.2) is 18.3 Å². The van der Waals surface area contributed by atoms with E-state index in [0.29, 0.717) is 24.1 Å². The molecule has 4 heteroatoms. The van der Waals surface area contributed by atoms with Crippen LogP contribution in [0.2, 0.25) is 5.82 Å². The first-order valence-corrected chi connectivity index (χ1v) is 8.08. The van der Waals surface area contributed by atoms with Crippen LogP contribution < -0.4 is 0 Å². The lowest BCUT2D eigenvalue weighted by Gasteiger charge is -2.32. The van der Waals surface area contributed by atoms with E-state index in [2.05, 4.69) is 33.8 Å². The zero-order valence-electron chi connectivity index (χ0n) is 13.2. The van der Waals surface area contributed by atoms with Crippen LogP contribution in [0.15, 0.2) is 0 Å². The summed E-state index contributed by atoms with van der Waals surface area (Å²) in [5.74, 6) is 2.50. The van der Waals surface area contributed by atoms with Crippen LogP contribution in [0.1, 0.15) is 59.8 Å². The van der Waals surface area contributed by atoms with Crippen molar-refractivity contribution in [2.45, 2.75) is 76.8 Å². The lowest BCUT2D eigenvalue weighted by molar-refractivity contribution is 0.00578. The summed E-state index contributed by atoms with van der Waals surface area (Å²) >= 11 is 0. The summed E-state index contributed by atoms with van der Waals surface area (Å²) in [7, 11) is -0.0747. The minimum absolute atomic E-state index is 0.0747. The van der Waals surface area contributed by atoms with Crippen LogP contribution in [0.4, 0.5) is 0 Å². The molecule has 1 saturated heterocycles. The quantitative estimate of drug-likeness (QED) is 0.720. The minimum Gasteiger partial charge on any atom is -0.403 e. The van der Waals surface area contributed by atoms with Gasteiger partial charge >= 0.3 is 7.12 Å². The molecule has 0 radical (unpaired) electrons. The molecule has 4 unspecified atom stereocenters. The highest BCUT2D eigenvalue weighted by molar-refractivity contribution is 6.47. The van der Waals surface area contributed by atoms with E-state index < -0.39 is 0 Å². The van der Waals surface area contributed by atoms with Gasteiger partial charge in [0.05, 0.1) is 17.3 Å². The highest BCUT2D eigenvalue weighted by Crippen LogP contribution is 2.58. The van der Waals surface area contributed by atoms with E-state index >= 15 is 0 Å². The Morgan fingerprint density at radius 2 is 1.70 bits per heavy atom. The number of nitriles is 1. The molecule has 0 amide bonds. The number of nitrogens with zero attached hydrogens (tertiary/aromatic N) is 1. The first-order valence-electron chi connectivity index (χ1n) is 8.08. The van der Waals surface area contributed by atoms with Gasteiger partial charge in [-0.1, -0.05) is 12.8 Å². The van der Waals surface area contributed by atoms with Gasteiger partial charge in [0.2, 0.25) is 0 Å². The molecule has 2 aliphatic carbocycles. The molecule has 3 fully saturated rings. The third-order valence-electron chi connectivity index (χ3n) is 6.33. The molecule has 0 aromatic rings. The summed E-state index contributed by atoms with van der Waals surface area (Å²) in [6.07, 6.45) is 5.72. The van der Waals surface area contributed by atoms with E-state index in [1.165, 1.54) is 19.3 Å². The Labute approximate surface area is 123 Å². The molecular formula is C16H26BNO2. The van der Waals surface area contributed by atoms with Crippen LogP contribution in [-0.2, 0) is 9.31 Å². The van der Waals surface area contributed by atoms with Crippen molar-refractivity contribution in [2.24, 2.45) is 17.8 Å². The summed E-state index contributed by atoms with van der Waals surface area (Å²) in [6, 6.07) is 2.38. The summed E-state index contributed by atoms with van der Waals surface area (Å²) in [4.78, 5) is 0. The molecule has 0 bridgehead atoms. The minimum atomic E-state index is -0.237. The summed E-state index contributed by atoms with van der Waals surface area (Å²) in [5, 5.41) is 9.05. The number of hydrogen-bond acceptors (Lipinski definition) is 3. The van der Waals surface area contributed by atoms with E-state index in [-0.39, 0.29) is 18.3 Å². The molecule has 0 N–H and O–H groups in total. The number of fused-ring (bicyclic) bond motifs is 1. The maximum Gasteiger partial charge on any atom is 0.461 e. The predicted molar refractivity (Wildman–Crippen MR) is 79.0 cm³/mol. The third-order valence-corrected chi connectivity index (χ3v) is 6.33. The summed E-state index contributed by atoms with van der Waals surface area (Å²) in [5.41, 5.74) is -0.474. The van der Waals surface area contributed by atoms with Crippen molar-refractivity contribution in [3.63, 3.8) is 0 Å². The van der Waals surface area contributed by atoms with Crippen molar-refractivity contribution in [1.82, 2.24) is 0 Å². The van der Waals surface area contributed by atoms with Gasteiger partial charge < -0.3 is 9.31 Å². The van der Waals surface area contributed by atoms with E-state index in [1.807, 2.05) is 0 Å². The Kier molecular flexibility index (Phi) is 3.42. The SMILES string of the molecule is CC1(C)OB(C2CC(CC#N)C3CCCC23)OC1(C)C. The van der Waals surface area contributed by atoms with Crippen LogP contribution >= 0.6 is 0 Å². The average Bonchev–Trinajstić information content (AvgIpc) is 2.95. The van der Waals surface area contributed by atoms with Crippen LogP contribution in [0.25, 0.3) is 0 Å². The Bertz CT molecular complexity index is 413. The zero-order valence-corrected chi connectivity index (χ0v) is 13.2. The largest absolute Gasteiger partial charge is 0.461 e. The van der Waals surface area contributed by atoms with Crippen molar-refractivity contribution in [1.29, 1.82) is 5.26 Å². The monoisotopic (exact) mass is 275 g/mol. The topological polar surface area (TPSA) is 42.2 Å². The van der Waals surface area contributed by atoms with Crippen molar-refractivity contribution < 1.29 is 9.31 Å². The summed E-state index contributed by atoms with van der Waals surface area (Å²) in [6.45, 7) is 8.50. The highest BCUT2D eigenvalue weighted by Gasteiger charge is 2.59. The fourth-order valence-electron chi connectivity index (χ4n) is 4.56. The first-order chi connectivity index (χ1) is 9.36. The Hall–Kier alpha value is -0.525. The molecular weight excluding hydrogens is 249 g/mol. The molecule has 20 heavy (non-hydrogen) atoms. The van der Waals surface area contributed by atoms with Gasteiger partial charge in [-0.3, -0.25) is 0 Å². The Morgan fingerprint density at radius 3 is 2.30 bits per heavy atom. The van der Waals surface area contributed by atoms with Crippen molar-refractivity contribution in [3.8, 4) is 6.07 Å². The molecule has 1 heterocycles. The lowest BCUT2D eigenvalue weighted by atomic mass is 9.65. The second kappa shape index (κ2) is 4.75. The Morgan fingerprint density at radius 1 is 1.10 bits per heavy atom. The lowest BCUT2D eigenvalue weighted by Crippen LogP contribution is -2.41. The van der Waals surface area contributed by atoms with E-state index in [9.17, 15) is 0 Å². The van der Waals surface area contributed by atoms with Crippen LogP contribution in [0.3, 0.4) is 0 Å². The van der Waals surface area contributed by atoms with Gasteiger partial charge in [0.25, 0.3) is 0 Å². The van der Waals surface area contributed by atoms with Gasteiger partial charge in [-0.15, -0.1) is 0 Å². The fraction of sp³-hybridized carbons (Fsp3) is 0.938. The van der Waals surface area contributed by atoms with Crippen molar-refractivity contribution >= 4 is 7.12 Å². The molecule has 2 saturated carbocycles. The zero-order chi connectivity index (χ0) is 14.5. The molecule has 1 aliphatic heterocycles. The molecule has 3 nitrogen and oxygen atoms in total. The van der Waals surface area contributed by atoms with E-state index in [1.54, 1.807) is 0 Å². The molecule has 4 atom stereocenters. The van der Waals surface area contributed by atoms with Gasteiger partial charge in [-0.25, -0.2) is 0 Å². The number of rotatable bonds is 2. The molecule has 0 spiro atoms. The van der Waals surface area contributed by atoms with Crippen molar-refractivity contribution in [3.05, 3.63) is 0 Å². The molecule has 0 aromatic carbocycles. The fourth-order valence-corrected chi connectivity index (χ4v) is 4.56. The van der Waals surface area contributed by atoms with Crippen LogP contribution in [0.5, 0.6) is 0 Å². The maximum atomic E-state index is 9.05. The van der Waals surface area contributed by atoms with Gasteiger partial charge in [-0.05, 0) is 64.1 Å². The average molecular weight is 275 g/mol. The maximum absolute atomic E-state index is 9.05. The molecule has 3 aliphatic rings. The standard InChI is InChI=1S/C16H26BNO2/c1-15(2)16(3,4)20-17(19-15)14-10-11(8-9-18)12-6-5-7-13(12)14/h11-14H,5-8,10H2,1-4H3. The van der Waals surface area contributed by atoms with Gasteiger partial charge in [0, 0.05) is 6.42 Å². The van der Waals surface area contributed by atoms with Gasteiger partial charge in [0.1, 0.15) is 0 Å². The molecule has 110 valence electrons. The third kappa shape index (κ3) is 2.10. The Balaban J connectivity index is 1.77. The van der Waals surface area contributed by atoms with Crippen molar-refractivity contribution in [2.75, 3.05) is 0 Å². The van der Waals surface area contributed by atoms with Gasteiger partial charge in [0.15, 0.2) is 0 Å². The highest BCUT2D eigenvalue weighted by atomic mass is 16.7. The second-order valence-electron chi connectivity index (χ2n) is 7.91. The van der Waals surface area contributed by atoms with Crippen LogP contribution in [0, 0.1) is 29.1 Å². The smallest absolute Gasteiger partial charge is 0.403 e. The van der Waals surface area contributed by atoms with E-state index in [0.717, 1.165) is 12.3 Å². The first kappa shape index (κ1) is 14.4. The van der Waals surface area contributed by atoms with Gasteiger partial charge in [-0.2, -0.15) is 5.26 Å². The molecule has 0 aromatic heterocycles. The van der Waals surface area contributed by atoms with E-state index in [4.69, 9.17) is 14.6 Å². The predicted octanol–water partition coefficient (Wildman–Crippen LogP) is 3.80. The number of hydrogen-bond donors (Lipinski definition) is 0. The second-order valence-corrected chi connectivity index (χ2v) is 7.91.